The summed E-state index contributed by atoms with van der Waals surface area (Å²) in [6.07, 6.45) is -0.967. The number of hydrogen-bond donors (Lipinski definition) is 1. The van der Waals surface area contributed by atoms with Crippen molar-refractivity contribution in [1.29, 1.82) is 0 Å². The van der Waals surface area contributed by atoms with E-state index in [-0.39, 0.29) is 6.17 Å². The Morgan fingerprint density at radius 3 is 2.22 bits per heavy atom. The van der Waals surface area contributed by atoms with Crippen LogP contribution in [0.5, 0.6) is 0 Å². The van der Waals surface area contributed by atoms with Gasteiger partial charge in [-0.25, -0.2) is 0 Å². The lowest BCUT2D eigenvalue weighted by atomic mass is 10.6. The first-order valence-electron chi connectivity index (χ1n) is 2.65. The molecular formula is C4H10N4O. The molecule has 0 rings (SSSR count). The standard InChI is InChI=1S/C4H10N4O/c1-3(5)6-7-4(2)8-9/h3-4H,5H2,1-2H3/b7-6+. The lowest BCUT2D eigenvalue weighted by Gasteiger charge is -1.93. The Morgan fingerprint density at radius 1 is 1.33 bits per heavy atom. The topological polar surface area (TPSA) is 80.2 Å². The van der Waals surface area contributed by atoms with E-state index in [1.54, 1.807) is 13.8 Å². The Balaban J connectivity index is 3.56. The molecule has 5 nitrogen and oxygen atoms in total. The smallest absolute Gasteiger partial charge is 0.199 e. The number of hydrogen-bond acceptors (Lipinski definition) is 5. The van der Waals surface area contributed by atoms with E-state index >= 15 is 0 Å². The third kappa shape index (κ3) is 5.02. The van der Waals surface area contributed by atoms with Gasteiger partial charge in [-0.3, -0.25) is 0 Å². The van der Waals surface area contributed by atoms with Crippen LogP contribution >= 0.6 is 0 Å². The van der Waals surface area contributed by atoms with Crippen LogP contribution in [0.1, 0.15) is 13.8 Å². The third-order valence-corrected chi connectivity index (χ3v) is 0.568. The van der Waals surface area contributed by atoms with Gasteiger partial charge in [0.05, 0.1) is 0 Å². The molecule has 0 aromatic rings. The van der Waals surface area contributed by atoms with Crippen LogP contribution in [-0.4, -0.2) is 12.3 Å². The second kappa shape index (κ2) is 4.08. The Labute approximate surface area is 53.3 Å². The van der Waals surface area contributed by atoms with Gasteiger partial charge in [-0.15, -0.1) is 4.91 Å². The van der Waals surface area contributed by atoms with Crippen molar-refractivity contribution < 1.29 is 0 Å². The van der Waals surface area contributed by atoms with Gasteiger partial charge in [0.25, 0.3) is 0 Å². The molecule has 0 saturated carbocycles. The van der Waals surface area contributed by atoms with Gasteiger partial charge in [-0.1, -0.05) is 0 Å². The molecule has 0 saturated heterocycles. The summed E-state index contributed by atoms with van der Waals surface area (Å²) in [6.45, 7) is 3.21. The highest BCUT2D eigenvalue weighted by Crippen LogP contribution is 1.91. The first-order chi connectivity index (χ1) is 4.16. The molecule has 0 spiro atoms. The second-order valence-corrected chi connectivity index (χ2v) is 1.71. The van der Waals surface area contributed by atoms with Crippen molar-refractivity contribution in [3.05, 3.63) is 4.91 Å². The third-order valence-electron chi connectivity index (χ3n) is 0.568. The van der Waals surface area contributed by atoms with E-state index in [9.17, 15) is 4.91 Å². The van der Waals surface area contributed by atoms with Crippen LogP contribution in [0.15, 0.2) is 15.4 Å². The maximum Gasteiger partial charge on any atom is 0.199 e. The van der Waals surface area contributed by atoms with Crippen LogP contribution in [0, 0.1) is 4.91 Å². The molecule has 2 unspecified atom stereocenters. The summed E-state index contributed by atoms with van der Waals surface area (Å²) < 4.78 is 0. The van der Waals surface area contributed by atoms with Crippen LogP contribution in [0.2, 0.25) is 0 Å². The molecule has 5 heteroatoms. The Morgan fingerprint density at radius 2 is 1.89 bits per heavy atom. The summed E-state index contributed by atoms with van der Waals surface area (Å²) in [5, 5.41) is 9.56. The predicted octanol–water partition coefficient (Wildman–Crippen LogP) is 0.856. The minimum atomic E-state index is -0.615. The molecule has 2 N–H and O–H groups in total. The summed E-state index contributed by atoms with van der Waals surface area (Å²) in [4.78, 5) is 9.67. The molecule has 2 atom stereocenters. The average molecular weight is 130 g/mol. The largest absolute Gasteiger partial charge is 0.308 e. The molecule has 0 amide bonds. The van der Waals surface area contributed by atoms with Gasteiger partial charge < -0.3 is 5.73 Å². The van der Waals surface area contributed by atoms with Crippen LogP contribution in [-0.2, 0) is 0 Å². The molecule has 0 fully saturated rings. The maximum atomic E-state index is 9.67. The van der Waals surface area contributed by atoms with Crippen molar-refractivity contribution in [3.63, 3.8) is 0 Å². The molecular weight excluding hydrogens is 120 g/mol. The molecule has 0 aromatic heterocycles. The number of nitrogens with two attached hydrogens (primary N) is 1. The predicted molar refractivity (Wildman–Crippen MR) is 33.8 cm³/mol. The van der Waals surface area contributed by atoms with Crippen molar-refractivity contribution in [2.45, 2.75) is 26.2 Å². The first kappa shape index (κ1) is 8.16. The van der Waals surface area contributed by atoms with Crippen LogP contribution < -0.4 is 5.73 Å². The second-order valence-electron chi connectivity index (χ2n) is 1.71. The van der Waals surface area contributed by atoms with Crippen molar-refractivity contribution in [3.8, 4) is 0 Å². The Hall–Kier alpha value is -0.840. The van der Waals surface area contributed by atoms with E-state index in [2.05, 4.69) is 15.4 Å². The monoisotopic (exact) mass is 130 g/mol. The molecule has 0 aliphatic carbocycles. The minimum Gasteiger partial charge on any atom is -0.308 e. The summed E-state index contributed by atoms with van der Waals surface area (Å²) in [5.74, 6) is 0. The molecule has 0 radical (unpaired) electrons. The van der Waals surface area contributed by atoms with Crippen molar-refractivity contribution >= 4 is 0 Å². The van der Waals surface area contributed by atoms with E-state index in [1.165, 1.54) is 0 Å². The van der Waals surface area contributed by atoms with Gasteiger partial charge in [-0.2, -0.15) is 10.2 Å². The first-order valence-corrected chi connectivity index (χ1v) is 2.65. The molecule has 0 aromatic carbocycles. The van der Waals surface area contributed by atoms with Gasteiger partial charge in [-0.05, 0) is 19.0 Å². The van der Waals surface area contributed by atoms with E-state index in [0.29, 0.717) is 0 Å². The van der Waals surface area contributed by atoms with Crippen molar-refractivity contribution in [2.24, 2.45) is 21.1 Å². The van der Waals surface area contributed by atoms with Gasteiger partial charge in [0.2, 0.25) is 0 Å². The number of nitroso groups, excluding NO2 is 1. The highest BCUT2D eigenvalue weighted by atomic mass is 16.3. The van der Waals surface area contributed by atoms with Crippen LogP contribution in [0.25, 0.3) is 0 Å². The Bertz CT molecular complexity index is 111. The van der Waals surface area contributed by atoms with Crippen molar-refractivity contribution in [2.75, 3.05) is 0 Å². The van der Waals surface area contributed by atoms with Gasteiger partial charge in [0.15, 0.2) is 6.17 Å². The lowest BCUT2D eigenvalue weighted by Crippen LogP contribution is -2.10. The molecule has 9 heavy (non-hydrogen) atoms. The van der Waals surface area contributed by atoms with E-state index in [0.717, 1.165) is 0 Å². The normalized spacial score (nSPS) is 17.7. The summed E-state index contributed by atoms with van der Waals surface area (Å²) >= 11 is 0. The van der Waals surface area contributed by atoms with Crippen molar-refractivity contribution in [1.82, 2.24) is 0 Å². The molecule has 0 heterocycles. The lowest BCUT2D eigenvalue weighted by molar-refractivity contribution is 0.645. The molecule has 0 aliphatic heterocycles. The molecule has 0 aliphatic rings. The fourth-order valence-corrected chi connectivity index (χ4v) is 0.223. The number of nitrogens with zero attached hydrogens (tertiary/aromatic N) is 3. The van der Waals surface area contributed by atoms with Crippen LogP contribution in [0.4, 0.5) is 0 Å². The summed E-state index contributed by atoms with van der Waals surface area (Å²) in [5.41, 5.74) is 5.19. The Kier molecular flexibility index (Phi) is 3.70. The SMILES string of the molecule is CC(N)/N=N/C(C)N=O. The fraction of sp³-hybridized carbons (Fsp3) is 1.00. The fourth-order valence-electron chi connectivity index (χ4n) is 0.223. The van der Waals surface area contributed by atoms with Crippen LogP contribution in [0.3, 0.4) is 0 Å². The quantitative estimate of drug-likeness (QED) is 0.454. The zero-order valence-electron chi connectivity index (χ0n) is 5.48. The molecule has 0 bridgehead atoms. The summed E-state index contributed by atoms with van der Waals surface area (Å²) in [6, 6.07) is 0. The number of rotatable bonds is 3. The highest BCUT2D eigenvalue weighted by Gasteiger charge is 1.94. The zero-order chi connectivity index (χ0) is 7.28. The highest BCUT2D eigenvalue weighted by molar-refractivity contribution is 4.51. The van der Waals surface area contributed by atoms with E-state index in [4.69, 9.17) is 5.73 Å². The van der Waals surface area contributed by atoms with E-state index < -0.39 is 6.17 Å². The maximum absolute atomic E-state index is 9.67. The van der Waals surface area contributed by atoms with Gasteiger partial charge in [0.1, 0.15) is 6.17 Å². The van der Waals surface area contributed by atoms with E-state index in [1.807, 2.05) is 0 Å². The number of azo groups is 1. The molecule has 52 valence electrons. The average Bonchev–Trinajstić information content (AvgIpc) is 1.83. The van der Waals surface area contributed by atoms with Gasteiger partial charge in [0, 0.05) is 0 Å². The minimum absolute atomic E-state index is 0.353. The summed E-state index contributed by atoms with van der Waals surface area (Å²) in [7, 11) is 0. The zero-order valence-corrected chi connectivity index (χ0v) is 5.48. The van der Waals surface area contributed by atoms with Gasteiger partial charge >= 0.3 is 0 Å².